The van der Waals surface area contributed by atoms with Crippen molar-refractivity contribution < 1.29 is 0 Å². The van der Waals surface area contributed by atoms with E-state index < -0.39 is 0 Å². The Labute approximate surface area is 522 Å². The largest absolute Gasteiger partial charge is 0.311 e. The van der Waals surface area contributed by atoms with Crippen LogP contribution in [0.15, 0.2) is 182 Å². The van der Waals surface area contributed by atoms with E-state index in [9.17, 15) is 0 Å². The van der Waals surface area contributed by atoms with E-state index in [1.807, 2.05) is 102 Å². The molecular weight excluding hydrogens is 1170 g/mol. The van der Waals surface area contributed by atoms with E-state index in [1.165, 1.54) is 201 Å². The van der Waals surface area contributed by atoms with Crippen LogP contribution in [0.3, 0.4) is 0 Å². The highest BCUT2D eigenvalue weighted by atomic mass is 32.1. The molecule has 0 bridgehead atoms. The summed E-state index contributed by atoms with van der Waals surface area (Å²) in [6.07, 6.45) is 19.3. The molecule has 10 heteroatoms. The number of hydrogen-bond acceptors (Lipinski definition) is 10. The predicted molar refractivity (Wildman–Crippen MR) is 374 cm³/mol. The van der Waals surface area contributed by atoms with Crippen molar-refractivity contribution in [3.05, 3.63) is 197 Å². The van der Waals surface area contributed by atoms with Gasteiger partial charge in [0.2, 0.25) is 0 Å². The van der Waals surface area contributed by atoms with Crippen LogP contribution in [0.1, 0.15) is 112 Å². The Morgan fingerprint density at radius 2 is 0.415 bits per heavy atom. The number of hydrogen-bond donors (Lipinski definition) is 0. The summed E-state index contributed by atoms with van der Waals surface area (Å²) in [5, 5.41) is 0. The summed E-state index contributed by atoms with van der Waals surface area (Å²) >= 11 is 17.3. The van der Waals surface area contributed by atoms with Gasteiger partial charge in [-0.15, -0.1) is 102 Å². The Kier molecular flexibility index (Phi) is 19.3. The second-order valence-electron chi connectivity index (χ2n) is 21.2. The highest BCUT2D eigenvalue weighted by Crippen LogP contribution is 2.47. The van der Waals surface area contributed by atoms with Gasteiger partial charge in [-0.2, -0.15) is 0 Å². The molecule has 12 aromatic rings. The van der Waals surface area contributed by atoms with Gasteiger partial charge in [0.1, 0.15) is 0 Å². The molecule has 0 N–H and O–H groups in total. The standard InChI is InChI=1S/C72H69NS9/c1-4-7-10-13-16-55-31-34-61(74-55)64-43-46-70(80-64)67-40-37-58(77-67)49-19-25-52(26-20-49)73(53-27-21-50(22-28-53)59-38-41-68(78-59)71-47-44-65(81-71)62-35-32-56(75-62)17-14-11-8-5-2)54-29-23-51(24-30-54)60-39-42-69(79-60)72-48-45-66(82-72)63-36-33-57(76-63)18-15-12-9-6-3/h19-48H,4-18H2,1-3H3. The Morgan fingerprint density at radius 3 is 0.659 bits per heavy atom. The minimum atomic E-state index is 1.13. The predicted octanol–water partition coefficient (Wildman–Crippen LogP) is 27.1. The number of nitrogens with zero attached hydrogens (tertiary/aromatic N) is 1. The third-order valence-corrected chi connectivity index (χ3v) is 26.4. The SMILES string of the molecule is CCCCCCc1ccc(-c2ccc(-c3ccc(-c4ccc(N(c5ccc(-c6ccc(-c7ccc(-c8ccc(CCCCCC)s8)s7)s6)cc5)c5ccc(-c6ccc(-c7ccc(-c8ccc(CCCCCC)s8)s7)s6)cc5)cc4)s3)s2)s1. The fourth-order valence-corrected chi connectivity index (χ4v) is 20.3. The van der Waals surface area contributed by atoms with Gasteiger partial charge in [0.15, 0.2) is 0 Å². The summed E-state index contributed by atoms with van der Waals surface area (Å²) in [5.74, 6) is 0. The molecule has 0 atom stereocenters. The highest BCUT2D eigenvalue weighted by Gasteiger charge is 2.18. The zero-order valence-electron chi connectivity index (χ0n) is 47.0. The molecule has 0 saturated carbocycles. The minimum Gasteiger partial charge on any atom is -0.311 e. The van der Waals surface area contributed by atoms with Crippen LogP contribution in [0, 0.1) is 0 Å². The lowest BCUT2D eigenvalue weighted by Crippen LogP contribution is -2.09. The van der Waals surface area contributed by atoms with Gasteiger partial charge in [0.25, 0.3) is 0 Å². The molecule has 9 heterocycles. The van der Waals surface area contributed by atoms with Crippen LogP contribution in [0.2, 0.25) is 0 Å². The molecule has 0 aliphatic rings. The average Bonchev–Trinajstić information content (AvgIpc) is 4.52. The first-order valence-electron chi connectivity index (χ1n) is 29.4. The molecule has 416 valence electrons. The van der Waals surface area contributed by atoms with Crippen LogP contribution in [-0.2, 0) is 19.3 Å². The quantitative estimate of drug-likeness (QED) is 0.0464. The van der Waals surface area contributed by atoms with Crippen molar-refractivity contribution >= 4 is 119 Å². The molecule has 0 unspecified atom stereocenters. The lowest BCUT2D eigenvalue weighted by Gasteiger charge is -2.26. The first-order valence-corrected chi connectivity index (χ1v) is 36.8. The first-order chi connectivity index (χ1) is 40.4. The summed E-state index contributed by atoms with van der Waals surface area (Å²) in [6, 6.07) is 69.4. The number of aryl methyl sites for hydroxylation is 3. The summed E-state index contributed by atoms with van der Waals surface area (Å²) in [5.41, 5.74) is 7.11. The summed E-state index contributed by atoms with van der Waals surface area (Å²) in [7, 11) is 0. The van der Waals surface area contributed by atoms with E-state index >= 15 is 0 Å². The number of anilines is 3. The fourth-order valence-electron chi connectivity index (χ4n) is 10.6. The third kappa shape index (κ3) is 13.8. The van der Waals surface area contributed by atoms with Crippen molar-refractivity contribution in [1.29, 1.82) is 0 Å². The zero-order valence-corrected chi connectivity index (χ0v) is 54.4. The number of benzene rings is 3. The second-order valence-corrected chi connectivity index (χ2v) is 31.2. The molecule has 82 heavy (non-hydrogen) atoms. The molecular formula is C72H69NS9. The summed E-state index contributed by atoms with van der Waals surface area (Å²) < 4.78 is 0. The molecule has 0 aliphatic heterocycles. The van der Waals surface area contributed by atoms with Crippen molar-refractivity contribution in [3.8, 4) is 89.8 Å². The van der Waals surface area contributed by atoms with E-state index in [0.29, 0.717) is 0 Å². The highest BCUT2D eigenvalue weighted by molar-refractivity contribution is 7.29. The van der Waals surface area contributed by atoms with Crippen molar-refractivity contribution in [3.63, 3.8) is 0 Å². The number of unbranched alkanes of at least 4 members (excludes halogenated alkanes) is 9. The Bertz CT molecular complexity index is 3500. The van der Waals surface area contributed by atoms with Gasteiger partial charge in [-0.25, -0.2) is 0 Å². The van der Waals surface area contributed by atoms with Crippen molar-refractivity contribution in [1.82, 2.24) is 0 Å². The van der Waals surface area contributed by atoms with E-state index in [0.717, 1.165) is 17.1 Å². The normalized spacial score (nSPS) is 11.6. The van der Waals surface area contributed by atoms with Crippen molar-refractivity contribution in [2.75, 3.05) is 4.90 Å². The fraction of sp³-hybridized carbons (Fsp3) is 0.250. The summed E-state index contributed by atoms with van der Waals surface area (Å²) in [6.45, 7) is 6.86. The van der Waals surface area contributed by atoms with Gasteiger partial charge in [-0.3, -0.25) is 0 Å². The van der Waals surface area contributed by atoms with Gasteiger partial charge in [0.05, 0.1) is 0 Å². The van der Waals surface area contributed by atoms with Gasteiger partial charge in [0, 0.05) is 105 Å². The van der Waals surface area contributed by atoms with E-state index in [-0.39, 0.29) is 0 Å². The van der Waals surface area contributed by atoms with Gasteiger partial charge in [-0.1, -0.05) is 115 Å². The van der Waals surface area contributed by atoms with Crippen molar-refractivity contribution in [2.24, 2.45) is 0 Å². The maximum absolute atomic E-state index is 2.41. The minimum absolute atomic E-state index is 1.13. The molecule has 3 aromatic carbocycles. The van der Waals surface area contributed by atoms with Crippen LogP contribution < -0.4 is 4.90 Å². The second kappa shape index (κ2) is 27.6. The van der Waals surface area contributed by atoms with Crippen LogP contribution in [0.5, 0.6) is 0 Å². The lowest BCUT2D eigenvalue weighted by atomic mass is 10.1. The first kappa shape index (κ1) is 57.2. The molecule has 0 amide bonds. The zero-order chi connectivity index (χ0) is 55.6. The Balaban J connectivity index is 0.772. The molecule has 0 fully saturated rings. The van der Waals surface area contributed by atoms with E-state index in [4.69, 9.17) is 0 Å². The molecule has 0 aliphatic carbocycles. The van der Waals surface area contributed by atoms with Gasteiger partial charge >= 0.3 is 0 Å². The number of thiophene rings is 9. The Hall–Kier alpha value is -5.24. The Morgan fingerprint density at radius 1 is 0.207 bits per heavy atom. The van der Waals surface area contributed by atoms with Crippen molar-refractivity contribution in [2.45, 2.75) is 117 Å². The molecule has 0 saturated heterocycles. The van der Waals surface area contributed by atoms with Crippen LogP contribution >= 0.6 is 102 Å². The monoisotopic (exact) mass is 1240 g/mol. The van der Waals surface area contributed by atoms with Gasteiger partial charge < -0.3 is 4.90 Å². The molecule has 1 nitrogen and oxygen atoms in total. The molecule has 9 aromatic heterocycles. The van der Waals surface area contributed by atoms with E-state index in [1.54, 1.807) is 0 Å². The molecule has 0 spiro atoms. The maximum atomic E-state index is 2.41. The molecule has 12 rings (SSSR count). The van der Waals surface area contributed by atoms with E-state index in [2.05, 4.69) is 208 Å². The van der Waals surface area contributed by atoms with Crippen LogP contribution in [0.4, 0.5) is 17.1 Å². The van der Waals surface area contributed by atoms with Gasteiger partial charge in [-0.05, 0) is 201 Å². The summed E-state index contributed by atoms with van der Waals surface area (Å²) in [4.78, 5) is 27.1. The maximum Gasteiger partial charge on any atom is 0.0462 e. The number of rotatable bonds is 27. The third-order valence-electron chi connectivity index (χ3n) is 15.1. The average molecular weight is 1240 g/mol. The smallest absolute Gasteiger partial charge is 0.0462 e. The molecule has 0 radical (unpaired) electrons. The lowest BCUT2D eigenvalue weighted by molar-refractivity contribution is 0.670. The van der Waals surface area contributed by atoms with Crippen LogP contribution in [-0.4, -0.2) is 0 Å². The topological polar surface area (TPSA) is 3.24 Å². The van der Waals surface area contributed by atoms with Crippen LogP contribution in [0.25, 0.3) is 89.8 Å².